The summed E-state index contributed by atoms with van der Waals surface area (Å²) in [6.07, 6.45) is 1.48. The van der Waals surface area contributed by atoms with E-state index in [0.29, 0.717) is 16.7 Å². The Labute approximate surface area is 139 Å². The molecule has 1 aromatic heterocycles. The minimum absolute atomic E-state index is 0.630. The van der Waals surface area contributed by atoms with Crippen LogP contribution in [0.5, 0.6) is 5.75 Å². The van der Waals surface area contributed by atoms with Crippen molar-refractivity contribution in [2.75, 3.05) is 17.7 Å². The summed E-state index contributed by atoms with van der Waals surface area (Å²) in [4.78, 5) is 8.43. The zero-order valence-electron chi connectivity index (χ0n) is 12.5. The SMILES string of the molecule is COc1ccccc1Nc1cc(Nc2ccccc2Cl)ncn1. The van der Waals surface area contributed by atoms with Crippen molar-refractivity contribution in [2.45, 2.75) is 0 Å². The Morgan fingerprint density at radius 1 is 0.870 bits per heavy atom. The fraction of sp³-hybridized carbons (Fsp3) is 0.0588. The Balaban J connectivity index is 1.81. The van der Waals surface area contributed by atoms with E-state index in [-0.39, 0.29) is 0 Å². The highest BCUT2D eigenvalue weighted by Crippen LogP contribution is 2.28. The summed E-state index contributed by atoms with van der Waals surface area (Å²) in [6, 6.07) is 16.9. The first kappa shape index (κ1) is 15.1. The summed E-state index contributed by atoms with van der Waals surface area (Å²) >= 11 is 6.15. The van der Waals surface area contributed by atoms with Crippen molar-refractivity contribution >= 4 is 34.6 Å². The number of hydrogen-bond acceptors (Lipinski definition) is 5. The average Bonchev–Trinajstić information content (AvgIpc) is 2.58. The van der Waals surface area contributed by atoms with Gasteiger partial charge in [-0.05, 0) is 24.3 Å². The summed E-state index contributed by atoms with van der Waals surface area (Å²) in [6.45, 7) is 0. The van der Waals surface area contributed by atoms with Gasteiger partial charge in [-0.1, -0.05) is 35.9 Å². The topological polar surface area (TPSA) is 59.1 Å². The van der Waals surface area contributed by atoms with E-state index in [1.807, 2.05) is 48.5 Å². The lowest BCUT2D eigenvalue weighted by molar-refractivity contribution is 0.417. The Morgan fingerprint density at radius 2 is 1.48 bits per heavy atom. The van der Waals surface area contributed by atoms with E-state index in [1.54, 1.807) is 13.2 Å². The second kappa shape index (κ2) is 6.98. The van der Waals surface area contributed by atoms with Crippen molar-refractivity contribution in [3.8, 4) is 5.75 Å². The molecule has 3 rings (SSSR count). The molecule has 2 aromatic carbocycles. The lowest BCUT2D eigenvalue weighted by Gasteiger charge is -2.11. The van der Waals surface area contributed by atoms with Gasteiger partial charge in [-0.3, -0.25) is 0 Å². The van der Waals surface area contributed by atoms with E-state index in [1.165, 1.54) is 6.33 Å². The predicted octanol–water partition coefficient (Wildman–Crippen LogP) is 4.63. The van der Waals surface area contributed by atoms with Crippen LogP contribution in [0.25, 0.3) is 0 Å². The molecule has 0 radical (unpaired) electrons. The van der Waals surface area contributed by atoms with Gasteiger partial charge in [0, 0.05) is 6.07 Å². The maximum Gasteiger partial charge on any atom is 0.142 e. The highest BCUT2D eigenvalue weighted by Gasteiger charge is 2.05. The van der Waals surface area contributed by atoms with Crippen LogP contribution in [0.3, 0.4) is 0 Å². The average molecular weight is 327 g/mol. The van der Waals surface area contributed by atoms with Crippen LogP contribution in [-0.2, 0) is 0 Å². The van der Waals surface area contributed by atoms with Crippen LogP contribution < -0.4 is 15.4 Å². The minimum Gasteiger partial charge on any atom is -0.495 e. The molecule has 3 aromatic rings. The zero-order valence-corrected chi connectivity index (χ0v) is 13.2. The van der Waals surface area contributed by atoms with E-state index in [4.69, 9.17) is 16.3 Å². The van der Waals surface area contributed by atoms with E-state index < -0.39 is 0 Å². The van der Waals surface area contributed by atoms with Gasteiger partial charge in [0.1, 0.15) is 23.7 Å². The fourth-order valence-electron chi connectivity index (χ4n) is 2.08. The minimum atomic E-state index is 0.630. The number of rotatable bonds is 5. The third-order valence-electron chi connectivity index (χ3n) is 3.17. The van der Waals surface area contributed by atoms with E-state index in [0.717, 1.165) is 17.1 Å². The van der Waals surface area contributed by atoms with E-state index in [2.05, 4.69) is 20.6 Å². The number of ether oxygens (including phenoxy) is 1. The van der Waals surface area contributed by atoms with Crippen molar-refractivity contribution < 1.29 is 4.74 Å². The van der Waals surface area contributed by atoms with Crippen LogP contribution in [0.1, 0.15) is 0 Å². The molecule has 0 atom stereocenters. The summed E-state index contributed by atoms with van der Waals surface area (Å²) in [7, 11) is 1.63. The van der Waals surface area contributed by atoms with Crippen molar-refractivity contribution in [2.24, 2.45) is 0 Å². The normalized spacial score (nSPS) is 10.2. The van der Waals surface area contributed by atoms with Gasteiger partial charge in [-0.15, -0.1) is 0 Å². The summed E-state index contributed by atoms with van der Waals surface area (Å²) in [5, 5.41) is 7.02. The molecule has 0 aliphatic heterocycles. The third kappa shape index (κ3) is 3.70. The molecule has 0 saturated heterocycles. The highest BCUT2D eigenvalue weighted by molar-refractivity contribution is 6.33. The maximum atomic E-state index is 6.15. The number of nitrogens with zero attached hydrogens (tertiary/aromatic N) is 2. The number of aromatic nitrogens is 2. The monoisotopic (exact) mass is 326 g/mol. The standard InChI is InChI=1S/C17H15ClN4O/c1-23-15-9-5-4-8-14(15)22-17-10-16(19-11-20-17)21-13-7-3-2-6-12(13)18/h2-11H,1H3,(H2,19,20,21,22). The molecule has 0 bridgehead atoms. The number of para-hydroxylation sites is 3. The molecular formula is C17H15ClN4O. The van der Waals surface area contributed by atoms with Gasteiger partial charge in [-0.2, -0.15) is 0 Å². The fourth-order valence-corrected chi connectivity index (χ4v) is 2.26. The Bertz CT molecular complexity index is 810. The highest BCUT2D eigenvalue weighted by atomic mass is 35.5. The summed E-state index contributed by atoms with van der Waals surface area (Å²) in [5.74, 6) is 2.04. The molecule has 0 fully saturated rings. The van der Waals surface area contributed by atoms with Crippen LogP contribution in [0, 0.1) is 0 Å². The van der Waals surface area contributed by atoms with Gasteiger partial charge in [0.05, 0.1) is 23.5 Å². The molecule has 116 valence electrons. The lowest BCUT2D eigenvalue weighted by Crippen LogP contribution is -2.00. The van der Waals surface area contributed by atoms with Crippen LogP contribution in [-0.4, -0.2) is 17.1 Å². The first-order chi connectivity index (χ1) is 11.3. The number of methoxy groups -OCH3 is 1. The largest absolute Gasteiger partial charge is 0.495 e. The first-order valence-electron chi connectivity index (χ1n) is 7.00. The van der Waals surface area contributed by atoms with Gasteiger partial charge in [0.15, 0.2) is 0 Å². The van der Waals surface area contributed by atoms with E-state index in [9.17, 15) is 0 Å². The molecule has 5 nitrogen and oxygen atoms in total. The molecule has 0 aliphatic rings. The Morgan fingerprint density at radius 3 is 2.17 bits per heavy atom. The van der Waals surface area contributed by atoms with E-state index >= 15 is 0 Å². The Kier molecular flexibility index (Phi) is 4.59. The van der Waals surface area contributed by atoms with Gasteiger partial charge in [0.25, 0.3) is 0 Å². The van der Waals surface area contributed by atoms with Gasteiger partial charge in [0.2, 0.25) is 0 Å². The molecule has 0 amide bonds. The molecule has 0 unspecified atom stereocenters. The van der Waals surface area contributed by atoms with Crippen molar-refractivity contribution in [3.63, 3.8) is 0 Å². The number of halogens is 1. The lowest BCUT2D eigenvalue weighted by atomic mass is 10.3. The summed E-state index contributed by atoms with van der Waals surface area (Å²) < 4.78 is 5.32. The second-order valence-corrected chi connectivity index (χ2v) is 5.13. The van der Waals surface area contributed by atoms with Crippen LogP contribution in [0.4, 0.5) is 23.0 Å². The number of nitrogens with one attached hydrogen (secondary N) is 2. The number of benzene rings is 2. The third-order valence-corrected chi connectivity index (χ3v) is 3.50. The predicted molar refractivity (Wildman–Crippen MR) is 93.0 cm³/mol. The van der Waals surface area contributed by atoms with Crippen molar-refractivity contribution in [1.82, 2.24) is 9.97 Å². The van der Waals surface area contributed by atoms with Gasteiger partial charge < -0.3 is 15.4 Å². The molecule has 6 heteroatoms. The molecular weight excluding hydrogens is 312 g/mol. The molecule has 0 aliphatic carbocycles. The van der Waals surface area contributed by atoms with Gasteiger partial charge in [-0.25, -0.2) is 9.97 Å². The molecule has 2 N–H and O–H groups in total. The molecule has 0 saturated carbocycles. The molecule has 1 heterocycles. The van der Waals surface area contributed by atoms with Crippen LogP contribution >= 0.6 is 11.6 Å². The van der Waals surface area contributed by atoms with Crippen molar-refractivity contribution in [1.29, 1.82) is 0 Å². The Hall–Kier alpha value is -2.79. The molecule has 0 spiro atoms. The second-order valence-electron chi connectivity index (χ2n) is 4.72. The summed E-state index contributed by atoms with van der Waals surface area (Å²) in [5.41, 5.74) is 1.62. The van der Waals surface area contributed by atoms with Gasteiger partial charge >= 0.3 is 0 Å². The number of hydrogen-bond donors (Lipinski definition) is 2. The quantitative estimate of drug-likeness (QED) is 0.716. The van der Waals surface area contributed by atoms with Crippen molar-refractivity contribution in [3.05, 3.63) is 65.9 Å². The number of anilines is 4. The van der Waals surface area contributed by atoms with Crippen LogP contribution in [0.15, 0.2) is 60.9 Å². The smallest absolute Gasteiger partial charge is 0.142 e. The first-order valence-corrected chi connectivity index (χ1v) is 7.37. The van der Waals surface area contributed by atoms with Crippen LogP contribution in [0.2, 0.25) is 5.02 Å². The zero-order chi connectivity index (χ0) is 16.1. The molecule has 23 heavy (non-hydrogen) atoms. The maximum absolute atomic E-state index is 6.15.